The number of likely N-dealkylation sites (tertiary alicyclic amines) is 1. The molecule has 6 rings (SSSR count). The van der Waals surface area contributed by atoms with Gasteiger partial charge >= 0.3 is 6.18 Å². The number of hydrogen-bond acceptors (Lipinski definition) is 4. The van der Waals surface area contributed by atoms with Crippen LogP contribution >= 0.6 is 0 Å². The van der Waals surface area contributed by atoms with Gasteiger partial charge in [0.25, 0.3) is 5.91 Å². The SMILES string of the molecule is CC(C)c1c(-c2cc(C(F)(F)F)c3ncnn3c2)[nH]c2ccc(C3CCN(C(=O)C4CCCO4)CC3)cc12. The first kappa shape index (κ1) is 24.9. The van der Waals surface area contributed by atoms with Gasteiger partial charge in [-0.25, -0.2) is 9.50 Å². The van der Waals surface area contributed by atoms with E-state index in [9.17, 15) is 18.0 Å². The highest BCUT2D eigenvalue weighted by atomic mass is 19.4. The van der Waals surface area contributed by atoms with Crippen LogP contribution in [-0.4, -0.2) is 56.2 Å². The lowest BCUT2D eigenvalue weighted by Gasteiger charge is -2.33. The normalized spacial score (nSPS) is 19.3. The maximum absolute atomic E-state index is 13.9. The highest BCUT2D eigenvalue weighted by Crippen LogP contribution is 2.40. The first-order valence-corrected chi connectivity index (χ1v) is 13.2. The molecule has 0 radical (unpaired) electrons. The second kappa shape index (κ2) is 9.41. The Kier molecular flexibility index (Phi) is 6.17. The summed E-state index contributed by atoms with van der Waals surface area (Å²) < 4.78 is 48.3. The molecule has 38 heavy (non-hydrogen) atoms. The lowest BCUT2D eigenvalue weighted by Crippen LogP contribution is -2.43. The van der Waals surface area contributed by atoms with Gasteiger partial charge in [0.15, 0.2) is 5.65 Å². The first-order valence-electron chi connectivity index (χ1n) is 13.2. The molecule has 1 amide bonds. The van der Waals surface area contributed by atoms with Gasteiger partial charge in [-0.05, 0) is 66.8 Å². The van der Waals surface area contributed by atoms with Crippen molar-refractivity contribution < 1.29 is 22.7 Å². The number of pyridine rings is 1. The molecule has 3 aromatic heterocycles. The van der Waals surface area contributed by atoms with Crippen LogP contribution in [0.3, 0.4) is 0 Å². The second-order valence-electron chi connectivity index (χ2n) is 10.6. The van der Waals surface area contributed by atoms with E-state index in [0.717, 1.165) is 54.5 Å². The van der Waals surface area contributed by atoms with Crippen molar-refractivity contribution in [3.8, 4) is 11.3 Å². The number of piperidine rings is 1. The predicted molar refractivity (Wildman–Crippen MR) is 137 cm³/mol. The van der Waals surface area contributed by atoms with Crippen LogP contribution in [-0.2, 0) is 15.7 Å². The summed E-state index contributed by atoms with van der Waals surface area (Å²) in [4.78, 5) is 21.9. The van der Waals surface area contributed by atoms with Crippen LogP contribution in [0.5, 0.6) is 0 Å². The van der Waals surface area contributed by atoms with Crippen molar-refractivity contribution in [2.45, 2.75) is 63.6 Å². The van der Waals surface area contributed by atoms with E-state index in [0.29, 0.717) is 36.9 Å². The Bertz CT molecular complexity index is 1490. The van der Waals surface area contributed by atoms with E-state index in [2.05, 4.69) is 27.2 Å². The molecule has 200 valence electrons. The molecule has 1 aromatic carbocycles. The zero-order valence-electron chi connectivity index (χ0n) is 21.4. The Morgan fingerprint density at radius 1 is 1.16 bits per heavy atom. The number of H-pyrrole nitrogens is 1. The highest BCUT2D eigenvalue weighted by molar-refractivity contribution is 5.92. The third kappa shape index (κ3) is 4.34. The number of ether oxygens (including phenoxy) is 1. The Hall–Kier alpha value is -3.40. The number of carbonyl (C=O) groups excluding carboxylic acids is 1. The van der Waals surface area contributed by atoms with Gasteiger partial charge in [-0.2, -0.15) is 18.3 Å². The second-order valence-corrected chi connectivity index (χ2v) is 10.6. The van der Waals surface area contributed by atoms with Gasteiger partial charge in [-0.1, -0.05) is 19.9 Å². The summed E-state index contributed by atoms with van der Waals surface area (Å²) in [6.45, 7) is 6.16. The fraction of sp³-hybridized carbons (Fsp3) is 0.464. The zero-order chi connectivity index (χ0) is 26.6. The molecule has 1 atom stereocenters. The van der Waals surface area contributed by atoms with Crippen LogP contribution in [0.2, 0.25) is 0 Å². The first-order chi connectivity index (χ1) is 18.2. The summed E-state index contributed by atoms with van der Waals surface area (Å²) in [5, 5.41) is 4.99. The minimum absolute atomic E-state index is 0.0701. The number of halogens is 3. The van der Waals surface area contributed by atoms with Crippen LogP contribution in [0.1, 0.15) is 68.1 Å². The molecule has 0 bridgehead atoms. The maximum Gasteiger partial charge on any atom is 0.420 e. The minimum Gasteiger partial charge on any atom is -0.368 e. The minimum atomic E-state index is -4.55. The number of amides is 1. The Morgan fingerprint density at radius 2 is 1.95 bits per heavy atom. The number of rotatable bonds is 4. The van der Waals surface area contributed by atoms with Gasteiger partial charge in [0.2, 0.25) is 0 Å². The molecule has 2 saturated heterocycles. The Balaban J connectivity index is 1.33. The molecule has 2 aliphatic heterocycles. The lowest BCUT2D eigenvalue weighted by molar-refractivity contribution is -0.142. The van der Waals surface area contributed by atoms with Gasteiger partial charge in [-0.3, -0.25) is 4.79 Å². The van der Waals surface area contributed by atoms with E-state index >= 15 is 0 Å². The van der Waals surface area contributed by atoms with Crippen LogP contribution in [0.25, 0.3) is 27.8 Å². The van der Waals surface area contributed by atoms with Gasteiger partial charge in [0.05, 0.1) is 5.69 Å². The molecule has 7 nitrogen and oxygen atoms in total. The fourth-order valence-electron chi connectivity index (χ4n) is 5.99. The monoisotopic (exact) mass is 525 g/mol. The van der Waals surface area contributed by atoms with Crippen molar-refractivity contribution in [1.29, 1.82) is 0 Å². The summed E-state index contributed by atoms with van der Waals surface area (Å²) in [7, 11) is 0. The predicted octanol–water partition coefficient (Wildman–Crippen LogP) is 5.90. The molecular weight excluding hydrogens is 495 g/mol. The number of fused-ring (bicyclic) bond motifs is 2. The largest absolute Gasteiger partial charge is 0.420 e. The van der Waals surface area contributed by atoms with Crippen molar-refractivity contribution in [1.82, 2.24) is 24.5 Å². The number of nitrogens with zero attached hydrogens (tertiary/aromatic N) is 4. The summed E-state index contributed by atoms with van der Waals surface area (Å²) in [5.41, 5.74) is 3.09. The van der Waals surface area contributed by atoms with E-state index in [4.69, 9.17) is 4.74 Å². The molecule has 2 fully saturated rings. The molecule has 4 aromatic rings. The van der Waals surface area contributed by atoms with E-state index in [1.807, 2.05) is 24.8 Å². The number of alkyl halides is 3. The van der Waals surface area contributed by atoms with Crippen molar-refractivity contribution in [2.75, 3.05) is 19.7 Å². The standard InChI is InChI=1S/C28H30F3N5O2/c1-16(2)24-20-12-18(17-7-9-35(10-8-17)27(37)23-4-3-11-38-23)5-6-22(20)34-25(24)19-13-21(28(29,30)31)26-32-15-33-36(26)14-19/h5-6,12-17,23,34H,3-4,7-11H2,1-2H3. The van der Waals surface area contributed by atoms with Gasteiger partial charge in [0.1, 0.15) is 18.0 Å². The summed E-state index contributed by atoms with van der Waals surface area (Å²) in [6.07, 6.45) is 1.37. The van der Waals surface area contributed by atoms with Crippen LogP contribution in [0, 0.1) is 0 Å². The third-order valence-corrected chi connectivity index (χ3v) is 7.89. The highest BCUT2D eigenvalue weighted by Gasteiger charge is 2.35. The number of carbonyl (C=O) groups is 1. The summed E-state index contributed by atoms with van der Waals surface area (Å²) >= 11 is 0. The third-order valence-electron chi connectivity index (χ3n) is 7.89. The average molecular weight is 526 g/mol. The van der Waals surface area contributed by atoms with Crippen LogP contribution in [0.15, 0.2) is 36.8 Å². The number of nitrogens with one attached hydrogen (secondary N) is 1. The van der Waals surface area contributed by atoms with E-state index < -0.39 is 11.7 Å². The smallest absolute Gasteiger partial charge is 0.368 e. The quantitative estimate of drug-likeness (QED) is 0.360. The van der Waals surface area contributed by atoms with Crippen molar-refractivity contribution in [2.24, 2.45) is 0 Å². The van der Waals surface area contributed by atoms with Crippen molar-refractivity contribution in [3.63, 3.8) is 0 Å². The number of benzene rings is 1. The van der Waals surface area contributed by atoms with Crippen molar-refractivity contribution in [3.05, 3.63) is 53.5 Å². The lowest BCUT2D eigenvalue weighted by atomic mass is 9.87. The molecule has 0 saturated carbocycles. The molecular formula is C28H30F3N5O2. The fourth-order valence-corrected chi connectivity index (χ4v) is 5.99. The Morgan fingerprint density at radius 3 is 2.63 bits per heavy atom. The van der Waals surface area contributed by atoms with Gasteiger partial charge in [-0.15, -0.1) is 0 Å². The molecule has 10 heteroatoms. The molecule has 0 aliphatic carbocycles. The van der Waals surface area contributed by atoms with E-state index in [1.54, 1.807) is 6.20 Å². The number of aromatic amines is 1. The van der Waals surface area contributed by atoms with Crippen molar-refractivity contribution >= 4 is 22.5 Å². The number of hydrogen-bond donors (Lipinski definition) is 1. The van der Waals surface area contributed by atoms with Gasteiger partial charge < -0.3 is 14.6 Å². The molecule has 1 unspecified atom stereocenters. The average Bonchev–Trinajstić information content (AvgIpc) is 3.66. The number of aromatic nitrogens is 4. The van der Waals surface area contributed by atoms with Crippen LogP contribution in [0.4, 0.5) is 13.2 Å². The molecule has 5 heterocycles. The Labute approximate surface area is 218 Å². The van der Waals surface area contributed by atoms with Gasteiger partial charge in [0, 0.05) is 42.4 Å². The summed E-state index contributed by atoms with van der Waals surface area (Å²) in [6, 6.07) is 7.44. The maximum atomic E-state index is 13.9. The van der Waals surface area contributed by atoms with Crippen LogP contribution < -0.4 is 0 Å². The molecule has 1 N–H and O–H groups in total. The summed E-state index contributed by atoms with van der Waals surface area (Å²) in [5.74, 6) is 0.492. The van der Waals surface area contributed by atoms with E-state index in [-0.39, 0.29) is 23.6 Å². The topological polar surface area (TPSA) is 75.5 Å². The molecule has 0 spiro atoms. The van der Waals surface area contributed by atoms with E-state index in [1.165, 1.54) is 10.1 Å². The zero-order valence-corrected chi connectivity index (χ0v) is 21.4. The molecule has 2 aliphatic rings.